The zero-order valence-electron chi connectivity index (χ0n) is 19.1. The van der Waals surface area contributed by atoms with Gasteiger partial charge >= 0.3 is 0 Å². The van der Waals surface area contributed by atoms with E-state index in [2.05, 4.69) is 20.6 Å². The van der Waals surface area contributed by atoms with Crippen LogP contribution >= 0.6 is 0 Å². The van der Waals surface area contributed by atoms with Crippen molar-refractivity contribution in [3.63, 3.8) is 0 Å². The van der Waals surface area contributed by atoms with Crippen LogP contribution in [-0.2, 0) is 6.61 Å². The smallest absolute Gasteiger partial charge is 0.252 e. The molecule has 1 aliphatic heterocycles. The lowest BCUT2D eigenvalue weighted by Crippen LogP contribution is -2.32. The molecule has 0 saturated carbocycles. The summed E-state index contributed by atoms with van der Waals surface area (Å²) < 4.78 is 11.4. The molecule has 4 rings (SSSR count). The van der Waals surface area contributed by atoms with E-state index < -0.39 is 11.9 Å². The lowest BCUT2D eigenvalue weighted by molar-refractivity contribution is 0.0996. The molecule has 1 aliphatic rings. The number of fused-ring (bicyclic) bond motifs is 1. The van der Waals surface area contributed by atoms with Gasteiger partial charge in [0.15, 0.2) is 6.19 Å². The number of aliphatic imine (C=N–C) groups is 1. The van der Waals surface area contributed by atoms with Gasteiger partial charge in [-0.1, -0.05) is 18.2 Å². The van der Waals surface area contributed by atoms with E-state index in [1.54, 1.807) is 42.5 Å². The number of hydrogen-bond donors (Lipinski definition) is 5. The van der Waals surface area contributed by atoms with Gasteiger partial charge in [-0.3, -0.25) is 10.1 Å². The molecular weight excluding hydrogens is 462 g/mol. The van der Waals surface area contributed by atoms with E-state index in [0.717, 1.165) is 0 Å². The van der Waals surface area contributed by atoms with Crippen LogP contribution in [0.4, 0.5) is 17.3 Å². The van der Waals surface area contributed by atoms with Gasteiger partial charge in [0.1, 0.15) is 47.4 Å². The zero-order valence-corrected chi connectivity index (χ0v) is 19.1. The highest BCUT2D eigenvalue weighted by Gasteiger charge is 2.30. The number of aromatic nitrogens is 1. The SMILES string of the molecule is COc1ccc(C2N=C(NC#N)Nc3nc(N)c(C#N)c(N)c32)cc1COc1ccccc1C(N)=O. The van der Waals surface area contributed by atoms with Crippen LogP contribution in [0.2, 0.25) is 0 Å². The Labute approximate surface area is 206 Å². The summed E-state index contributed by atoms with van der Waals surface area (Å²) in [5.74, 6) is 0.603. The Morgan fingerprint density at radius 2 is 1.97 bits per heavy atom. The number of methoxy groups -OCH3 is 1. The van der Waals surface area contributed by atoms with Crippen molar-refractivity contribution in [3.8, 4) is 23.8 Å². The van der Waals surface area contributed by atoms with Crippen molar-refractivity contribution in [2.24, 2.45) is 10.7 Å². The fourth-order valence-corrected chi connectivity index (χ4v) is 3.86. The van der Waals surface area contributed by atoms with Crippen LogP contribution in [-0.4, -0.2) is 24.0 Å². The number of guanidine groups is 1. The lowest BCUT2D eigenvalue weighted by atomic mass is 9.94. The molecular formula is C24H21N9O3. The first kappa shape index (κ1) is 23.7. The molecule has 1 aromatic heterocycles. The predicted octanol–water partition coefficient (Wildman–Crippen LogP) is 1.75. The number of rotatable bonds is 6. The van der Waals surface area contributed by atoms with Crippen LogP contribution < -0.4 is 37.3 Å². The molecule has 8 N–H and O–H groups in total. The van der Waals surface area contributed by atoms with Crippen molar-refractivity contribution < 1.29 is 14.3 Å². The Morgan fingerprint density at radius 3 is 2.67 bits per heavy atom. The number of carbonyl (C=O) groups is 1. The summed E-state index contributed by atoms with van der Waals surface area (Å²) in [6.07, 6.45) is 1.81. The predicted molar refractivity (Wildman–Crippen MR) is 132 cm³/mol. The van der Waals surface area contributed by atoms with Gasteiger partial charge in [0.2, 0.25) is 5.96 Å². The van der Waals surface area contributed by atoms with Gasteiger partial charge in [0, 0.05) is 11.1 Å². The zero-order chi connectivity index (χ0) is 25.8. The van der Waals surface area contributed by atoms with E-state index in [4.69, 9.17) is 31.9 Å². The van der Waals surface area contributed by atoms with E-state index in [1.165, 1.54) is 7.11 Å². The highest BCUT2D eigenvalue weighted by atomic mass is 16.5. The molecule has 0 spiro atoms. The van der Waals surface area contributed by atoms with Gasteiger partial charge in [-0.05, 0) is 29.8 Å². The molecule has 1 amide bonds. The number of nitrogen functional groups attached to an aromatic ring is 2. The standard InChI is InChI=1S/C24H21N9O3/c1-35-16-7-6-12(8-13(16)10-36-17-5-3-2-4-14(17)22(29)34)20-18-19(27)15(9-25)21(28)32-23(18)33-24(31-20)30-11-26/h2-8,20H,10H2,1H3,(H2,29,34)(H6,27,28,30,31,32,33). The Kier molecular flexibility index (Phi) is 6.43. The first-order valence-corrected chi connectivity index (χ1v) is 10.5. The molecule has 180 valence electrons. The molecule has 2 heterocycles. The normalized spacial score (nSPS) is 13.8. The number of nitriles is 2. The van der Waals surface area contributed by atoms with Gasteiger partial charge in [0.25, 0.3) is 5.91 Å². The largest absolute Gasteiger partial charge is 0.496 e. The molecule has 1 unspecified atom stereocenters. The topological polar surface area (TPSA) is 210 Å². The summed E-state index contributed by atoms with van der Waals surface area (Å²) in [6.45, 7) is 0.0467. The average molecular weight is 483 g/mol. The maximum absolute atomic E-state index is 11.7. The lowest BCUT2D eigenvalue weighted by Gasteiger charge is -2.26. The van der Waals surface area contributed by atoms with Crippen LogP contribution in [0.5, 0.6) is 11.5 Å². The van der Waals surface area contributed by atoms with Crippen LogP contribution in [0.15, 0.2) is 47.5 Å². The van der Waals surface area contributed by atoms with E-state index >= 15 is 0 Å². The number of pyridine rings is 1. The van der Waals surface area contributed by atoms with E-state index in [-0.39, 0.29) is 41.0 Å². The second-order valence-corrected chi connectivity index (χ2v) is 7.62. The van der Waals surface area contributed by atoms with Crippen LogP contribution in [0.25, 0.3) is 0 Å². The Hall–Kier alpha value is -5.49. The van der Waals surface area contributed by atoms with Crippen molar-refractivity contribution in [2.75, 3.05) is 23.9 Å². The van der Waals surface area contributed by atoms with Crippen molar-refractivity contribution in [1.82, 2.24) is 10.3 Å². The third-order valence-electron chi connectivity index (χ3n) is 5.51. The summed E-state index contributed by atoms with van der Waals surface area (Å²) in [5, 5.41) is 24.0. The summed E-state index contributed by atoms with van der Waals surface area (Å²) >= 11 is 0. The van der Waals surface area contributed by atoms with Crippen molar-refractivity contribution in [2.45, 2.75) is 12.6 Å². The van der Waals surface area contributed by atoms with Crippen LogP contribution in [0.3, 0.4) is 0 Å². The maximum atomic E-state index is 11.7. The summed E-state index contributed by atoms with van der Waals surface area (Å²) in [7, 11) is 1.52. The fourth-order valence-electron chi connectivity index (χ4n) is 3.86. The molecule has 0 aliphatic carbocycles. The number of hydrogen-bond acceptors (Lipinski definition) is 11. The molecule has 12 nitrogen and oxygen atoms in total. The molecule has 3 aromatic rings. The van der Waals surface area contributed by atoms with E-state index in [9.17, 15) is 10.1 Å². The molecule has 36 heavy (non-hydrogen) atoms. The first-order valence-electron chi connectivity index (χ1n) is 10.5. The Balaban J connectivity index is 1.78. The van der Waals surface area contributed by atoms with Crippen LogP contribution in [0, 0.1) is 22.8 Å². The van der Waals surface area contributed by atoms with E-state index in [0.29, 0.717) is 28.2 Å². The third kappa shape index (κ3) is 4.34. The number of carbonyl (C=O) groups excluding carboxylic acids is 1. The van der Waals surface area contributed by atoms with Crippen molar-refractivity contribution in [3.05, 3.63) is 70.3 Å². The summed E-state index contributed by atoms with van der Waals surface area (Å²) in [6, 6.07) is 13.2. The minimum atomic E-state index is -0.736. The highest BCUT2D eigenvalue weighted by molar-refractivity contribution is 5.98. The molecule has 1 atom stereocenters. The van der Waals surface area contributed by atoms with Crippen LogP contribution in [0.1, 0.15) is 38.7 Å². The monoisotopic (exact) mass is 483 g/mol. The Bertz CT molecular complexity index is 1470. The third-order valence-corrected chi connectivity index (χ3v) is 5.51. The number of para-hydroxylation sites is 1. The molecule has 0 bridgehead atoms. The van der Waals surface area contributed by atoms with Gasteiger partial charge in [-0.25, -0.2) is 9.98 Å². The van der Waals surface area contributed by atoms with Crippen molar-refractivity contribution >= 4 is 29.2 Å². The Morgan fingerprint density at radius 1 is 1.19 bits per heavy atom. The number of nitrogens with zero attached hydrogens (tertiary/aromatic N) is 4. The minimum absolute atomic E-state index is 0.0348. The molecule has 0 fully saturated rings. The van der Waals surface area contributed by atoms with Gasteiger partial charge in [0.05, 0.1) is 18.4 Å². The second-order valence-electron chi connectivity index (χ2n) is 7.62. The quantitative estimate of drug-likeness (QED) is 0.253. The number of anilines is 3. The number of primary amides is 1. The molecule has 2 aromatic carbocycles. The van der Waals surface area contributed by atoms with Gasteiger partial charge in [-0.2, -0.15) is 10.5 Å². The van der Waals surface area contributed by atoms with Gasteiger partial charge in [-0.15, -0.1) is 0 Å². The molecule has 12 heteroatoms. The minimum Gasteiger partial charge on any atom is -0.496 e. The maximum Gasteiger partial charge on any atom is 0.252 e. The molecule has 0 saturated heterocycles. The summed E-state index contributed by atoms with van der Waals surface area (Å²) in [5.41, 5.74) is 19.8. The first-order chi connectivity index (χ1) is 17.4. The number of nitrogens with two attached hydrogens (primary N) is 3. The van der Waals surface area contributed by atoms with E-state index in [1.807, 2.05) is 12.3 Å². The number of ether oxygens (including phenoxy) is 2. The highest BCUT2D eigenvalue weighted by Crippen LogP contribution is 2.41. The number of nitrogens with one attached hydrogen (secondary N) is 2. The number of benzene rings is 2. The van der Waals surface area contributed by atoms with Crippen molar-refractivity contribution in [1.29, 1.82) is 10.5 Å². The second kappa shape index (κ2) is 9.79. The molecule has 0 radical (unpaired) electrons. The average Bonchev–Trinajstić information content (AvgIpc) is 2.87. The fraction of sp³-hybridized carbons (Fsp3) is 0.125. The number of amides is 1. The summed E-state index contributed by atoms with van der Waals surface area (Å²) in [4.78, 5) is 20.6. The van der Waals surface area contributed by atoms with Gasteiger partial charge < -0.3 is 32.0 Å².